The smallest absolute Gasteiger partial charge is 0.312 e. The second-order valence-electron chi connectivity index (χ2n) is 7.47. The minimum absolute atomic E-state index is 0.0584. The molecule has 1 saturated carbocycles. The lowest BCUT2D eigenvalue weighted by atomic mass is 9.67. The van der Waals surface area contributed by atoms with Crippen LogP contribution in [-0.2, 0) is 9.53 Å². The van der Waals surface area contributed by atoms with Crippen LogP contribution in [0.1, 0.15) is 32.1 Å². The summed E-state index contributed by atoms with van der Waals surface area (Å²) < 4.78 is 5.61. The van der Waals surface area contributed by atoms with Crippen molar-refractivity contribution in [1.29, 1.82) is 0 Å². The molecule has 0 radical (unpaired) electrons. The molecule has 3 fully saturated rings. The number of para-hydroxylation sites is 2. The maximum absolute atomic E-state index is 12.0. The van der Waals surface area contributed by atoms with Gasteiger partial charge in [0.2, 0.25) is 0 Å². The Morgan fingerprint density at radius 1 is 1.17 bits per heavy atom. The summed E-state index contributed by atoms with van der Waals surface area (Å²) in [7, 11) is 0. The van der Waals surface area contributed by atoms with Gasteiger partial charge in [-0.25, -0.2) is 0 Å². The van der Waals surface area contributed by atoms with Gasteiger partial charge in [-0.1, -0.05) is 18.6 Å². The molecule has 0 unspecified atom stereocenters. The number of phenolic OH excluding ortho intramolecular Hbond substituents is 1. The van der Waals surface area contributed by atoms with Gasteiger partial charge in [-0.2, -0.15) is 0 Å². The first kappa shape index (κ1) is 15.8. The molecule has 5 heteroatoms. The number of benzene rings is 1. The number of phenols is 1. The Labute approximate surface area is 143 Å². The van der Waals surface area contributed by atoms with E-state index in [9.17, 15) is 9.90 Å². The zero-order valence-corrected chi connectivity index (χ0v) is 14.1. The van der Waals surface area contributed by atoms with Gasteiger partial charge in [-0.05, 0) is 31.4 Å². The van der Waals surface area contributed by atoms with Gasteiger partial charge < -0.3 is 14.7 Å². The lowest BCUT2D eigenvalue weighted by Crippen LogP contribution is -2.47. The summed E-state index contributed by atoms with van der Waals surface area (Å²) in [6.45, 7) is 4.81. The molecule has 130 valence electrons. The van der Waals surface area contributed by atoms with Gasteiger partial charge in [0.1, 0.15) is 11.9 Å². The summed E-state index contributed by atoms with van der Waals surface area (Å²) >= 11 is 0. The Morgan fingerprint density at radius 2 is 1.92 bits per heavy atom. The van der Waals surface area contributed by atoms with E-state index in [0.29, 0.717) is 5.75 Å². The largest absolute Gasteiger partial charge is 0.506 e. The molecule has 24 heavy (non-hydrogen) atoms. The van der Waals surface area contributed by atoms with Crippen LogP contribution in [0.15, 0.2) is 24.3 Å². The van der Waals surface area contributed by atoms with Gasteiger partial charge in [-0.15, -0.1) is 0 Å². The average Bonchev–Trinajstić information content (AvgIpc) is 2.91. The number of aromatic hydroxyl groups is 1. The first-order chi connectivity index (χ1) is 11.7. The van der Waals surface area contributed by atoms with Crippen molar-refractivity contribution in [3.8, 4) is 5.75 Å². The van der Waals surface area contributed by atoms with E-state index in [2.05, 4.69) is 9.80 Å². The van der Waals surface area contributed by atoms with Gasteiger partial charge in [0.15, 0.2) is 0 Å². The third kappa shape index (κ3) is 2.86. The minimum Gasteiger partial charge on any atom is -0.506 e. The summed E-state index contributed by atoms with van der Waals surface area (Å²) in [4.78, 5) is 16.7. The Kier molecular flexibility index (Phi) is 4.12. The number of nitrogens with zero attached hydrogens (tertiary/aromatic N) is 2. The van der Waals surface area contributed by atoms with Crippen LogP contribution in [0.2, 0.25) is 0 Å². The number of cyclic esters (lactones) is 1. The molecule has 0 bridgehead atoms. The van der Waals surface area contributed by atoms with Crippen LogP contribution in [0.5, 0.6) is 5.75 Å². The maximum Gasteiger partial charge on any atom is 0.312 e. The van der Waals surface area contributed by atoms with E-state index < -0.39 is 0 Å². The number of anilines is 1. The van der Waals surface area contributed by atoms with Gasteiger partial charge in [0, 0.05) is 39.1 Å². The van der Waals surface area contributed by atoms with Crippen LogP contribution in [0.25, 0.3) is 0 Å². The summed E-state index contributed by atoms with van der Waals surface area (Å²) in [6.07, 6.45) is 5.24. The lowest BCUT2D eigenvalue weighted by Gasteiger charge is -2.36. The molecule has 0 amide bonds. The van der Waals surface area contributed by atoms with Crippen molar-refractivity contribution in [1.82, 2.24) is 4.90 Å². The molecule has 3 aliphatic rings. The highest BCUT2D eigenvalue weighted by Gasteiger charge is 2.52. The highest BCUT2D eigenvalue weighted by molar-refractivity contribution is 5.80. The number of piperazine rings is 1. The molecular formula is C19H26N2O3. The number of hydrogen-bond acceptors (Lipinski definition) is 5. The zero-order valence-electron chi connectivity index (χ0n) is 14.1. The Morgan fingerprint density at radius 3 is 2.54 bits per heavy atom. The van der Waals surface area contributed by atoms with Crippen molar-refractivity contribution >= 4 is 11.7 Å². The topological polar surface area (TPSA) is 53.0 Å². The monoisotopic (exact) mass is 330 g/mol. The molecular weight excluding hydrogens is 304 g/mol. The predicted octanol–water partition coefficient (Wildman–Crippen LogP) is 2.39. The van der Waals surface area contributed by atoms with Crippen molar-refractivity contribution < 1.29 is 14.6 Å². The second-order valence-corrected chi connectivity index (χ2v) is 7.47. The average molecular weight is 330 g/mol. The van der Waals surface area contributed by atoms with Gasteiger partial charge >= 0.3 is 5.97 Å². The number of carbonyl (C=O) groups is 1. The number of hydrogen-bond donors (Lipinski definition) is 1. The third-order valence-corrected chi connectivity index (χ3v) is 6.00. The summed E-state index contributed by atoms with van der Waals surface area (Å²) in [5.41, 5.74) is 0.822. The van der Waals surface area contributed by atoms with Crippen molar-refractivity contribution in [2.45, 2.75) is 38.2 Å². The van der Waals surface area contributed by atoms with Crippen LogP contribution in [0, 0.1) is 5.41 Å². The first-order valence-electron chi connectivity index (χ1n) is 9.13. The van der Waals surface area contributed by atoms with Crippen LogP contribution < -0.4 is 4.90 Å². The molecule has 1 spiro atoms. The molecule has 1 aliphatic carbocycles. The van der Waals surface area contributed by atoms with Crippen LogP contribution in [0.3, 0.4) is 0 Å². The number of ether oxygens (including phenoxy) is 1. The van der Waals surface area contributed by atoms with E-state index in [1.807, 2.05) is 18.2 Å². The van der Waals surface area contributed by atoms with Crippen molar-refractivity contribution in [3.05, 3.63) is 24.3 Å². The first-order valence-corrected chi connectivity index (χ1v) is 9.13. The Hall–Kier alpha value is -1.75. The standard InChI is InChI=1S/C19H26N2O3/c22-17-5-2-1-4-16(17)21-12-10-20(11-13-21)9-6-15-14-19(7-3-8-19)18(23)24-15/h1-2,4-5,15,22H,3,6-14H2/t15-/m0/s1. The molecule has 1 aromatic rings. The van der Waals surface area contributed by atoms with E-state index in [1.165, 1.54) is 6.42 Å². The molecule has 2 aliphatic heterocycles. The van der Waals surface area contributed by atoms with Crippen molar-refractivity contribution in [2.75, 3.05) is 37.6 Å². The van der Waals surface area contributed by atoms with E-state index in [-0.39, 0.29) is 17.5 Å². The van der Waals surface area contributed by atoms with E-state index in [4.69, 9.17) is 4.74 Å². The van der Waals surface area contributed by atoms with Gasteiger partial charge in [0.25, 0.3) is 0 Å². The number of esters is 1. The van der Waals surface area contributed by atoms with Crippen LogP contribution in [-0.4, -0.2) is 54.8 Å². The number of rotatable bonds is 4. The normalized spacial score (nSPS) is 26.4. The Bertz CT molecular complexity index is 606. The predicted molar refractivity (Wildman–Crippen MR) is 92.2 cm³/mol. The summed E-state index contributed by atoms with van der Waals surface area (Å²) in [5, 5.41) is 9.97. The highest BCUT2D eigenvalue weighted by Crippen LogP contribution is 2.50. The SMILES string of the molecule is O=C1O[C@@H](CCN2CCN(c3ccccc3O)CC2)CC12CCC2. The molecule has 0 aromatic heterocycles. The molecule has 1 atom stereocenters. The molecule has 1 aromatic carbocycles. The van der Waals surface area contributed by atoms with Crippen LogP contribution >= 0.6 is 0 Å². The maximum atomic E-state index is 12.0. The highest BCUT2D eigenvalue weighted by atomic mass is 16.6. The summed E-state index contributed by atoms with van der Waals surface area (Å²) in [6, 6.07) is 7.53. The van der Waals surface area contributed by atoms with Crippen molar-refractivity contribution in [2.24, 2.45) is 5.41 Å². The van der Waals surface area contributed by atoms with Gasteiger partial charge in [-0.3, -0.25) is 9.69 Å². The molecule has 5 nitrogen and oxygen atoms in total. The van der Waals surface area contributed by atoms with Gasteiger partial charge in [0.05, 0.1) is 11.1 Å². The van der Waals surface area contributed by atoms with E-state index in [1.54, 1.807) is 6.07 Å². The van der Waals surface area contributed by atoms with E-state index >= 15 is 0 Å². The molecule has 1 N–H and O–H groups in total. The quantitative estimate of drug-likeness (QED) is 0.859. The fraction of sp³-hybridized carbons (Fsp3) is 0.632. The fourth-order valence-corrected chi connectivity index (χ4v) is 4.28. The van der Waals surface area contributed by atoms with Crippen molar-refractivity contribution in [3.63, 3.8) is 0 Å². The lowest BCUT2D eigenvalue weighted by molar-refractivity contribution is -0.152. The molecule has 4 rings (SSSR count). The van der Waals surface area contributed by atoms with Crippen LogP contribution in [0.4, 0.5) is 5.69 Å². The summed E-state index contributed by atoms with van der Waals surface area (Å²) in [5.74, 6) is 0.415. The minimum atomic E-state index is -0.103. The Balaban J connectivity index is 1.24. The zero-order chi connectivity index (χ0) is 16.6. The number of carbonyl (C=O) groups excluding carboxylic acids is 1. The second kappa shape index (κ2) is 6.28. The molecule has 2 heterocycles. The fourth-order valence-electron chi connectivity index (χ4n) is 4.28. The third-order valence-electron chi connectivity index (χ3n) is 6.00. The molecule has 2 saturated heterocycles. The van der Waals surface area contributed by atoms with E-state index in [0.717, 1.165) is 64.1 Å².